The van der Waals surface area contributed by atoms with Crippen LogP contribution in [0.2, 0.25) is 0 Å². The number of pyridine rings is 1. The first-order chi connectivity index (χ1) is 15.2. The minimum Gasteiger partial charge on any atom is -0.348 e. The van der Waals surface area contributed by atoms with Crippen LogP contribution < -0.4 is 10.9 Å². The number of rotatable bonds is 5. The van der Waals surface area contributed by atoms with E-state index in [9.17, 15) is 18.0 Å². The van der Waals surface area contributed by atoms with Gasteiger partial charge in [-0.05, 0) is 49.4 Å². The summed E-state index contributed by atoms with van der Waals surface area (Å²) in [5.41, 5.74) is 2.21. The number of amides is 1. The number of hydrogen-bond acceptors (Lipinski definition) is 4. The number of fused-ring (bicyclic) bond motifs is 1. The van der Waals surface area contributed by atoms with Crippen molar-refractivity contribution < 1.29 is 13.2 Å². The molecule has 168 valence electrons. The largest absolute Gasteiger partial charge is 0.348 e. The molecule has 4 rings (SSSR count). The molecule has 0 saturated carbocycles. The second kappa shape index (κ2) is 8.88. The quantitative estimate of drug-likeness (QED) is 0.620. The van der Waals surface area contributed by atoms with Gasteiger partial charge >= 0.3 is 0 Å². The number of carbonyl (C=O) groups excluding carboxylic acids is 1. The van der Waals surface area contributed by atoms with E-state index in [1.54, 1.807) is 6.07 Å². The van der Waals surface area contributed by atoms with Crippen molar-refractivity contribution in [3.05, 3.63) is 75.6 Å². The van der Waals surface area contributed by atoms with Crippen LogP contribution in [0.25, 0.3) is 10.9 Å². The highest BCUT2D eigenvalue weighted by Crippen LogP contribution is 2.26. The maximum absolute atomic E-state index is 13.2. The monoisotopic (exact) mass is 453 g/mol. The van der Waals surface area contributed by atoms with Crippen molar-refractivity contribution >= 4 is 26.8 Å². The molecule has 0 bridgehead atoms. The molecule has 1 amide bonds. The summed E-state index contributed by atoms with van der Waals surface area (Å²) in [6, 6.07) is 13.5. The highest BCUT2D eigenvalue weighted by atomic mass is 32.2. The first-order valence-corrected chi connectivity index (χ1v) is 12.2. The lowest BCUT2D eigenvalue weighted by atomic mass is 10.0. The Morgan fingerprint density at radius 2 is 1.78 bits per heavy atom. The Kier molecular flexibility index (Phi) is 6.17. The van der Waals surface area contributed by atoms with Gasteiger partial charge in [-0.1, -0.05) is 36.8 Å². The molecular weight excluding hydrogens is 426 g/mol. The van der Waals surface area contributed by atoms with Crippen molar-refractivity contribution in [1.82, 2.24) is 14.6 Å². The fourth-order valence-corrected chi connectivity index (χ4v) is 5.44. The summed E-state index contributed by atoms with van der Waals surface area (Å²) < 4.78 is 27.9. The summed E-state index contributed by atoms with van der Waals surface area (Å²) in [5.74, 6) is 0.0787. The third-order valence-corrected chi connectivity index (χ3v) is 7.91. The van der Waals surface area contributed by atoms with E-state index in [4.69, 9.17) is 0 Å². The first-order valence-electron chi connectivity index (χ1n) is 10.7. The van der Waals surface area contributed by atoms with E-state index < -0.39 is 21.5 Å². The summed E-state index contributed by atoms with van der Waals surface area (Å²) in [7, 11) is -3.68. The number of aryl methyl sites for hydroxylation is 1. The van der Waals surface area contributed by atoms with Crippen molar-refractivity contribution in [2.75, 3.05) is 13.1 Å². The summed E-state index contributed by atoms with van der Waals surface area (Å²) in [4.78, 5) is 27.9. The molecule has 32 heavy (non-hydrogen) atoms. The van der Waals surface area contributed by atoms with E-state index in [2.05, 4.69) is 17.2 Å². The SMILES string of the molecule is Cc1ccc(CNC(=O)c2cc(=O)[nH]c3ccc(S(=O)(=O)N4CCC(C)CC4)cc23)cc1. The number of piperidine rings is 1. The maximum atomic E-state index is 13.2. The number of aromatic amines is 1. The molecule has 2 heterocycles. The lowest BCUT2D eigenvalue weighted by Crippen LogP contribution is -2.37. The Balaban J connectivity index is 1.65. The molecule has 0 atom stereocenters. The van der Waals surface area contributed by atoms with Gasteiger partial charge < -0.3 is 10.3 Å². The minimum atomic E-state index is -3.68. The normalized spacial score (nSPS) is 15.7. The van der Waals surface area contributed by atoms with Crippen LogP contribution in [0.3, 0.4) is 0 Å². The molecule has 1 aromatic heterocycles. The molecule has 0 radical (unpaired) electrons. The van der Waals surface area contributed by atoms with Gasteiger partial charge in [0, 0.05) is 36.6 Å². The van der Waals surface area contributed by atoms with E-state index in [1.165, 1.54) is 22.5 Å². The van der Waals surface area contributed by atoms with Crippen molar-refractivity contribution in [1.29, 1.82) is 0 Å². The summed E-state index contributed by atoms with van der Waals surface area (Å²) in [6.07, 6.45) is 1.65. The summed E-state index contributed by atoms with van der Waals surface area (Å²) >= 11 is 0. The lowest BCUT2D eigenvalue weighted by molar-refractivity contribution is 0.0952. The third-order valence-electron chi connectivity index (χ3n) is 6.01. The highest BCUT2D eigenvalue weighted by molar-refractivity contribution is 7.89. The second-order valence-electron chi connectivity index (χ2n) is 8.51. The fraction of sp³-hybridized carbons (Fsp3) is 0.333. The first kappa shape index (κ1) is 22.2. The molecule has 3 aromatic rings. The lowest BCUT2D eigenvalue weighted by Gasteiger charge is -2.29. The van der Waals surface area contributed by atoms with Gasteiger partial charge in [0.25, 0.3) is 5.91 Å². The van der Waals surface area contributed by atoms with E-state index in [0.29, 0.717) is 36.5 Å². The molecule has 1 aliphatic heterocycles. The van der Waals surface area contributed by atoms with Crippen LogP contribution in [0.15, 0.2) is 58.2 Å². The Labute approximate surface area is 187 Å². The van der Waals surface area contributed by atoms with Crippen molar-refractivity contribution in [2.45, 2.75) is 38.1 Å². The standard InChI is InChI=1S/C24H27N3O4S/c1-16-3-5-18(6-4-16)15-25-24(29)21-14-23(28)26-22-8-7-19(13-20(21)22)32(30,31)27-11-9-17(2)10-12-27/h3-8,13-14,17H,9-12,15H2,1-2H3,(H,25,29)(H,26,28). The van der Waals surface area contributed by atoms with Crippen LogP contribution in [-0.2, 0) is 16.6 Å². The predicted octanol–water partition coefficient (Wildman–Crippen LogP) is 3.19. The van der Waals surface area contributed by atoms with E-state index >= 15 is 0 Å². The minimum absolute atomic E-state index is 0.124. The number of nitrogens with one attached hydrogen (secondary N) is 2. The van der Waals surface area contributed by atoms with Crippen LogP contribution in [0, 0.1) is 12.8 Å². The van der Waals surface area contributed by atoms with E-state index in [0.717, 1.165) is 24.0 Å². The number of carbonyl (C=O) groups is 1. The molecule has 0 aliphatic carbocycles. The van der Waals surface area contributed by atoms with Crippen LogP contribution in [0.1, 0.15) is 41.3 Å². The number of H-pyrrole nitrogens is 1. The van der Waals surface area contributed by atoms with Crippen molar-refractivity contribution in [3.8, 4) is 0 Å². The molecule has 1 aliphatic rings. The zero-order chi connectivity index (χ0) is 22.9. The van der Waals surface area contributed by atoms with Crippen molar-refractivity contribution in [2.24, 2.45) is 5.92 Å². The molecule has 2 aromatic carbocycles. The average molecular weight is 454 g/mol. The highest BCUT2D eigenvalue weighted by Gasteiger charge is 2.28. The van der Waals surface area contributed by atoms with Gasteiger partial charge in [-0.15, -0.1) is 0 Å². The topological polar surface area (TPSA) is 99.3 Å². The second-order valence-corrected chi connectivity index (χ2v) is 10.4. The van der Waals surface area contributed by atoms with Gasteiger partial charge in [0.1, 0.15) is 0 Å². The maximum Gasteiger partial charge on any atom is 0.252 e. The molecule has 0 spiro atoms. The van der Waals surface area contributed by atoms with Crippen LogP contribution in [0.4, 0.5) is 0 Å². The Morgan fingerprint density at radius 3 is 2.47 bits per heavy atom. The fourth-order valence-electron chi connectivity index (χ4n) is 3.94. The van der Waals surface area contributed by atoms with Crippen LogP contribution in [0.5, 0.6) is 0 Å². The number of nitrogens with zero attached hydrogens (tertiary/aromatic N) is 1. The van der Waals surface area contributed by atoms with Gasteiger partial charge in [0.05, 0.1) is 10.5 Å². The number of sulfonamides is 1. The molecule has 1 fully saturated rings. The Hall–Kier alpha value is -2.97. The van der Waals surface area contributed by atoms with Gasteiger partial charge in [-0.3, -0.25) is 9.59 Å². The predicted molar refractivity (Wildman–Crippen MR) is 124 cm³/mol. The summed E-state index contributed by atoms with van der Waals surface area (Å²) in [5, 5.41) is 3.23. The zero-order valence-corrected chi connectivity index (χ0v) is 19.0. The molecule has 2 N–H and O–H groups in total. The molecule has 7 nitrogen and oxygen atoms in total. The molecule has 8 heteroatoms. The van der Waals surface area contributed by atoms with Gasteiger partial charge in [-0.25, -0.2) is 8.42 Å². The average Bonchev–Trinajstić information content (AvgIpc) is 2.78. The summed E-state index contributed by atoms with van der Waals surface area (Å²) in [6.45, 7) is 5.38. The van der Waals surface area contributed by atoms with Crippen LogP contribution in [-0.4, -0.2) is 36.7 Å². The van der Waals surface area contributed by atoms with E-state index in [1.807, 2.05) is 31.2 Å². The Bertz CT molecular complexity index is 1310. The molecule has 1 saturated heterocycles. The van der Waals surface area contributed by atoms with Gasteiger partial charge in [0.2, 0.25) is 15.6 Å². The smallest absolute Gasteiger partial charge is 0.252 e. The Morgan fingerprint density at radius 1 is 1.09 bits per heavy atom. The van der Waals surface area contributed by atoms with Gasteiger partial charge in [-0.2, -0.15) is 4.31 Å². The number of benzene rings is 2. The molecule has 0 unspecified atom stereocenters. The number of aromatic nitrogens is 1. The zero-order valence-electron chi connectivity index (χ0n) is 18.2. The van der Waals surface area contributed by atoms with E-state index in [-0.39, 0.29) is 10.5 Å². The van der Waals surface area contributed by atoms with Gasteiger partial charge in [0.15, 0.2) is 0 Å². The third kappa shape index (κ3) is 4.61. The molecular formula is C24H27N3O4S. The van der Waals surface area contributed by atoms with Crippen molar-refractivity contribution in [3.63, 3.8) is 0 Å². The van der Waals surface area contributed by atoms with Crippen LogP contribution >= 0.6 is 0 Å². The number of hydrogen-bond donors (Lipinski definition) is 2.